The van der Waals surface area contributed by atoms with E-state index in [0.717, 1.165) is 38.3 Å². The molecule has 1 aromatic rings. The summed E-state index contributed by atoms with van der Waals surface area (Å²) < 4.78 is 150. The van der Waals surface area contributed by atoms with Gasteiger partial charge in [-0.15, -0.1) is 5.10 Å². The van der Waals surface area contributed by atoms with Crippen LogP contribution in [-0.2, 0) is 102 Å². The Morgan fingerprint density at radius 1 is 0.750 bits per heavy atom. The molecule has 2 aliphatic carbocycles. The predicted molar refractivity (Wildman–Crippen MR) is 291 cm³/mol. The van der Waals surface area contributed by atoms with Crippen molar-refractivity contribution in [1.29, 1.82) is 0 Å². The first-order chi connectivity index (χ1) is 41.3. The van der Waals surface area contributed by atoms with E-state index in [9.17, 15) is 79.9 Å². The molecule has 0 bridgehead atoms. The molecule has 2 saturated carbocycles. The zero-order valence-electron chi connectivity index (χ0n) is 48.3. The van der Waals surface area contributed by atoms with Gasteiger partial charge in [-0.25, -0.2) is 22.0 Å². The van der Waals surface area contributed by atoms with E-state index in [1.807, 2.05) is 0 Å². The molecular formula is C48H81N7O30S3. The molecule has 15 atom stereocenters. The van der Waals surface area contributed by atoms with Crippen LogP contribution in [0.5, 0.6) is 0 Å². The van der Waals surface area contributed by atoms with Crippen LogP contribution < -0.4 is 21.3 Å². The van der Waals surface area contributed by atoms with Crippen molar-refractivity contribution in [2.45, 2.75) is 170 Å². The van der Waals surface area contributed by atoms with E-state index in [1.165, 1.54) is 13.8 Å². The van der Waals surface area contributed by atoms with Crippen LogP contribution in [0.2, 0.25) is 0 Å². The third-order valence-corrected chi connectivity index (χ3v) is 16.3. The molecule has 0 spiro atoms. The molecule has 0 radical (unpaired) electrons. The van der Waals surface area contributed by atoms with Crippen LogP contribution in [-0.4, -0.2) is 266 Å². The topological polar surface area (TPSA) is 541 Å². The predicted octanol–water partition coefficient (Wildman–Crippen LogP) is -4.76. The second-order valence-electron chi connectivity index (χ2n) is 21.6. The van der Waals surface area contributed by atoms with Gasteiger partial charge in [-0.2, -0.15) is 25.3 Å². The zero-order chi connectivity index (χ0) is 65.1. The molecule has 1 aromatic heterocycles. The minimum atomic E-state index is -5.32. The fraction of sp³-hybridized carbons (Fsp3) is 0.854. The number of carbonyl (C=O) groups is 5. The first-order valence-corrected chi connectivity index (χ1v) is 32.3. The first-order valence-electron chi connectivity index (χ1n) is 28.2. The minimum absolute atomic E-state index is 0.00351. The molecule has 506 valence electrons. The van der Waals surface area contributed by atoms with E-state index < -0.39 is 190 Å². The van der Waals surface area contributed by atoms with Crippen molar-refractivity contribution in [3.05, 3.63) is 11.9 Å². The number of rotatable bonds is 36. The van der Waals surface area contributed by atoms with Gasteiger partial charge in [0.2, 0.25) is 17.7 Å². The standard InChI is InChI=1S/C48H81N7O30S3/c1-4-29-19-30(20-32(41(29)85-47-40(62)39(61)37(59)26(2)81-47)83-46-36(52-27(3)57)42(38(60)34(22-56)84-46)82-33(45(65)66)18-28-8-6-5-7-9-28)43(63)50-12-11-49-35(58)10-14-76-16-17-77-15-13-51-44(64)31-21-55(54-53-31)48(23-78-86(67,68)69,24-79-87(70,71)72)25-80-88(73,74)75/h21,26,28-30,32-34,36-42,46-47,56,59-62H,4-20,22-25H2,1-3H3,(H,49,58)(H,50,63)(H,51,64)(H,52,57)(H,65,66)(H,67,68,69)(H,70,71,72)(H,73,74,75)/t26?,29?,30?,32-,33+,34+,36?,37-,38+,39+,40?,41-,42?,46-,47+/m1/s1. The summed E-state index contributed by atoms with van der Waals surface area (Å²) in [7, 11) is -16.0. The van der Waals surface area contributed by atoms with Gasteiger partial charge < -0.3 is 85.1 Å². The van der Waals surface area contributed by atoms with Crippen molar-refractivity contribution < 1.29 is 139 Å². The van der Waals surface area contributed by atoms with Crippen LogP contribution >= 0.6 is 0 Å². The molecule has 2 aliphatic heterocycles. The van der Waals surface area contributed by atoms with Crippen molar-refractivity contribution in [1.82, 2.24) is 36.3 Å². The summed E-state index contributed by atoms with van der Waals surface area (Å²) in [6.45, 7) is -0.983. The fourth-order valence-electron chi connectivity index (χ4n) is 10.5. The number of carboxylic acids is 1. The Morgan fingerprint density at radius 2 is 1.36 bits per heavy atom. The Balaban J connectivity index is 1.12. The summed E-state index contributed by atoms with van der Waals surface area (Å²) in [4.78, 5) is 64.9. The van der Waals surface area contributed by atoms with Gasteiger partial charge in [-0.05, 0) is 38.0 Å². The second-order valence-corrected chi connectivity index (χ2v) is 24.9. The van der Waals surface area contributed by atoms with Crippen LogP contribution in [0.4, 0.5) is 0 Å². The summed E-state index contributed by atoms with van der Waals surface area (Å²) in [5.74, 6) is -5.13. The van der Waals surface area contributed by atoms with Crippen molar-refractivity contribution in [3.8, 4) is 0 Å². The Labute approximate surface area is 506 Å². The molecule has 40 heteroatoms. The smallest absolute Gasteiger partial charge is 0.397 e. The lowest BCUT2D eigenvalue weighted by Crippen LogP contribution is -2.67. The quantitative estimate of drug-likeness (QED) is 0.0222. The fourth-order valence-corrected chi connectivity index (χ4v) is 11.6. The maximum absolute atomic E-state index is 14.0. The van der Waals surface area contributed by atoms with Gasteiger partial charge in [0.05, 0.1) is 77.4 Å². The molecule has 4 fully saturated rings. The van der Waals surface area contributed by atoms with E-state index in [4.69, 9.17) is 46.8 Å². The monoisotopic (exact) mass is 1330 g/mol. The summed E-state index contributed by atoms with van der Waals surface area (Å²) in [6.07, 6.45) is -11.7. The van der Waals surface area contributed by atoms with Crippen LogP contribution in [0, 0.1) is 17.8 Å². The molecule has 37 nitrogen and oxygen atoms in total. The summed E-state index contributed by atoms with van der Waals surface area (Å²) >= 11 is 0. The highest BCUT2D eigenvalue weighted by Gasteiger charge is 2.53. The molecule has 3 heterocycles. The minimum Gasteiger partial charge on any atom is -0.479 e. The molecule has 5 rings (SSSR count). The molecule has 4 amide bonds. The zero-order valence-corrected chi connectivity index (χ0v) is 50.8. The van der Waals surface area contributed by atoms with Gasteiger partial charge in [0.15, 0.2) is 24.4 Å². The molecule has 13 N–H and O–H groups in total. The van der Waals surface area contributed by atoms with Gasteiger partial charge in [-0.3, -0.25) is 32.8 Å². The highest BCUT2D eigenvalue weighted by atomic mass is 32.3. The van der Waals surface area contributed by atoms with E-state index in [-0.39, 0.29) is 77.7 Å². The second kappa shape index (κ2) is 34.3. The highest BCUT2D eigenvalue weighted by molar-refractivity contribution is 7.81. The lowest BCUT2D eigenvalue weighted by Gasteiger charge is -2.49. The largest absolute Gasteiger partial charge is 0.479 e. The van der Waals surface area contributed by atoms with E-state index in [0.29, 0.717) is 11.1 Å². The number of aliphatic carboxylic acids is 1. The van der Waals surface area contributed by atoms with Crippen LogP contribution in [0.3, 0.4) is 0 Å². The van der Waals surface area contributed by atoms with Crippen molar-refractivity contribution in [2.24, 2.45) is 17.8 Å². The SMILES string of the molecule is CCC1CC(C(=O)NCCNC(=O)CCOCCOCCNC(=O)c2cn(C(COS(=O)(=O)O)(COS(=O)(=O)O)COS(=O)(=O)O)nn2)C[C@@H](O[C@@H]2O[C@@H](CO)[C@H](O)C(O[C@@H](CC3CCCCC3)C(=O)O)C2NC(C)=O)[C@@H]1O[C@@H]1OC(C)[C@@H](O)[C@H](O)C1O. The van der Waals surface area contributed by atoms with Crippen molar-refractivity contribution in [2.75, 3.05) is 72.5 Å². The third-order valence-electron chi connectivity index (χ3n) is 15.1. The molecule has 0 aromatic carbocycles. The number of nitrogens with zero attached hydrogens (tertiary/aromatic N) is 3. The van der Waals surface area contributed by atoms with Gasteiger partial charge in [0, 0.05) is 38.9 Å². The number of nitrogens with one attached hydrogen (secondary N) is 4. The van der Waals surface area contributed by atoms with Gasteiger partial charge in [0.1, 0.15) is 48.2 Å². The summed E-state index contributed by atoms with van der Waals surface area (Å²) in [5, 5.41) is 81.9. The molecule has 2 saturated heterocycles. The number of hydrogen-bond donors (Lipinski definition) is 13. The average Bonchev–Trinajstić information content (AvgIpc) is 2.52. The van der Waals surface area contributed by atoms with E-state index >= 15 is 0 Å². The third kappa shape index (κ3) is 23.4. The lowest BCUT2D eigenvalue weighted by molar-refractivity contribution is -0.338. The van der Waals surface area contributed by atoms with Crippen molar-refractivity contribution in [3.63, 3.8) is 0 Å². The van der Waals surface area contributed by atoms with E-state index in [2.05, 4.69) is 44.1 Å². The number of hydrogen-bond acceptors (Lipinski definition) is 28. The van der Waals surface area contributed by atoms with Gasteiger partial charge in [-0.1, -0.05) is 50.7 Å². The summed E-state index contributed by atoms with van der Waals surface area (Å²) in [6, 6.07) is -1.40. The van der Waals surface area contributed by atoms with Gasteiger partial charge in [0.25, 0.3) is 5.91 Å². The Kier molecular flexibility index (Phi) is 29.0. The van der Waals surface area contributed by atoms with Gasteiger partial charge >= 0.3 is 37.2 Å². The van der Waals surface area contributed by atoms with Crippen LogP contribution in [0.25, 0.3) is 0 Å². The highest BCUT2D eigenvalue weighted by Crippen LogP contribution is 2.40. The number of aliphatic hydroxyl groups excluding tert-OH is 5. The van der Waals surface area contributed by atoms with Crippen LogP contribution in [0.15, 0.2) is 6.20 Å². The number of amides is 4. The summed E-state index contributed by atoms with van der Waals surface area (Å²) in [5.41, 5.74) is -3.12. The van der Waals surface area contributed by atoms with Crippen LogP contribution in [0.1, 0.15) is 95.5 Å². The van der Waals surface area contributed by atoms with Crippen molar-refractivity contribution >= 4 is 60.8 Å². The average molecular weight is 1330 g/mol. The molecule has 88 heavy (non-hydrogen) atoms. The molecular weight excluding hydrogens is 1250 g/mol. The normalized spacial score (nSPS) is 28.8. The Bertz CT molecular complexity index is 2670. The molecule has 6 unspecified atom stereocenters. The maximum Gasteiger partial charge on any atom is 0.397 e. The number of ether oxygens (including phenoxy) is 7. The number of carboxylic acid groups (broad SMARTS) is 1. The first kappa shape index (κ1) is 74.3. The van der Waals surface area contributed by atoms with E-state index in [1.54, 1.807) is 6.92 Å². The Hall–Kier alpha value is -4.38. The maximum atomic E-state index is 14.0. The lowest BCUT2D eigenvalue weighted by atomic mass is 9.75. The number of aliphatic hydroxyl groups is 5. The number of aromatic nitrogens is 3. The molecule has 4 aliphatic rings. The number of carbonyl (C=O) groups excluding carboxylic acids is 4. The Morgan fingerprint density at radius 3 is 1.94 bits per heavy atom.